The Balaban J connectivity index is 2.37. The molecule has 86 valence electrons. The molecule has 1 saturated carbocycles. The van der Waals surface area contributed by atoms with Gasteiger partial charge >= 0.3 is 0 Å². The van der Waals surface area contributed by atoms with Crippen LogP contribution in [0.25, 0.3) is 0 Å². The van der Waals surface area contributed by atoms with Gasteiger partial charge in [-0.2, -0.15) is 0 Å². The van der Waals surface area contributed by atoms with Gasteiger partial charge in [0.1, 0.15) is 5.78 Å². The fourth-order valence-corrected chi connectivity index (χ4v) is 3.29. The van der Waals surface area contributed by atoms with Gasteiger partial charge in [-0.05, 0) is 33.3 Å². The van der Waals surface area contributed by atoms with Gasteiger partial charge < -0.3 is 0 Å². The Morgan fingerprint density at radius 3 is 2.12 bits per heavy atom. The quantitative estimate of drug-likeness (QED) is 0.717. The van der Waals surface area contributed by atoms with Crippen LogP contribution in [0.3, 0.4) is 0 Å². The second-order valence-corrected chi connectivity index (χ2v) is 5.95. The molecule has 1 fully saturated rings. The van der Waals surface area contributed by atoms with E-state index in [2.05, 4.69) is 32.0 Å². The highest BCUT2D eigenvalue weighted by molar-refractivity contribution is 6.29. The highest BCUT2D eigenvalue weighted by Gasteiger charge is 2.63. The number of aryl methyl sites for hydroxylation is 2. The number of carbonyl (C=O) groups is 1. The van der Waals surface area contributed by atoms with Crippen LogP contribution in [-0.2, 0) is 4.79 Å². The molecule has 0 aliphatic heterocycles. The van der Waals surface area contributed by atoms with Crippen molar-refractivity contribution in [3.8, 4) is 0 Å². The number of hydrogen-bond acceptors (Lipinski definition) is 1. The second-order valence-electron chi connectivity index (χ2n) is 5.14. The van der Waals surface area contributed by atoms with Crippen molar-refractivity contribution in [1.29, 1.82) is 0 Å². The molecule has 16 heavy (non-hydrogen) atoms. The fraction of sp³-hybridized carbons (Fsp3) is 0.500. The number of ketones is 1. The molecule has 0 aromatic heterocycles. The summed E-state index contributed by atoms with van der Waals surface area (Å²) < 4.78 is 0. The number of rotatable bonds is 2. The van der Waals surface area contributed by atoms with Crippen molar-refractivity contribution in [1.82, 2.24) is 0 Å². The van der Waals surface area contributed by atoms with Crippen molar-refractivity contribution < 1.29 is 4.79 Å². The molecule has 0 spiro atoms. The van der Waals surface area contributed by atoms with Gasteiger partial charge in [0.15, 0.2) is 0 Å². The Morgan fingerprint density at radius 2 is 1.75 bits per heavy atom. The first-order valence-corrected chi connectivity index (χ1v) is 5.99. The van der Waals surface area contributed by atoms with E-state index in [1.165, 1.54) is 16.7 Å². The molecule has 2 heteroatoms. The van der Waals surface area contributed by atoms with Crippen molar-refractivity contribution in [2.45, 2.75) is 38.5 Å². The summed E-state index contributed by atoms with van der Waals surface area (Å²) in [6, 6.07) is 6.42. The lowest BCUT2D eigenvalue weighted by molar-refractivity contribution is -0.118. The van der Waals surface area contributed by atoms with Crippen LogP contribution in [-0.4, -0.2) is 10.7 Å². The minimum Gasteiger partial charge on any atom is -0.300 e. The standard InChI is InChI=1S/C14H17ClO/c1-8-5-9(2)7-11(6-8)13-12(10(3)16)14(13,4)15/h5-7,12-13H,1-4H3. The van der Waals surface area contributed by atoms with E-state index in [0.29, 0.717) is 0 Å². The van der Waals surface area contributed by atoms with Crippen LogP contribution in [0.2, 0.25) is 0 Å². The summed E-state index contributed by atoms with van der Waals surface area (Å²) in [6.45, 7) is 7.75. The zero-order valence-electron chi connectivity index (χ0n) is 10.2. The zero-order valence-corrected chi connectivity index (χ0v) is 10.9. The van der Waals surface area contributed by atoms with Gasteiger partial charge in [-0.25, -0.2) is 0 Å². The summed E-state index contributed by atoms with van der Waals surface area (Å²) in [7, 11) is 0. The van der Waals surface area contributed by atoms with Gasteiger partial charge in [0.05, 0.1) is 4.87 Å². The second kappa shape index (κ2) is 3.59. The predicted molar refractivity (Wildman–Crippen MR) is 67.1 cm³/mol. The van der Waals surface area contributed by atoms with Gasteiger partial charge in [-0.3, -0.25) is 4.79 Å². The molecular weight excluding hydrogens is 220 g/mol. The monoisotopic (exact) mass is 236 g/mol. The maximum atomic E-state index is 11.5. The summed E-state index contributed by atoms with van der Waals surface area (Å²) in [5.74, 6) is 0.363. The van der Waals surface area contributed by atoms with E-state index in [4.69, 9.17) is 11.6 Å². The summed E-state index contributed by atoms with van der Waals surface area (Å²) in [4.78, 5) is 11.1. The van der Waals surface area contributed by atoms with Gasteiger partial charge in [0.2, 0.25) is 0 Å². The van der Waals surface area contributed by atoms with Crippen LogP contribution in [0.4, 0.5) is 0 Å². The van der Waals surface area contributed by atoms with Crippen molar-refractivity contribution >= 4 is 17.4 Å². The average molecular weight is 237 g/mol. The van der Waals surface area contributed by atoms with Crippen molar-refractivity contribution in [2.24, 2.45) is 5.92 Å². The maximum absolute atomic E-state index is 11.5. The topological polar surface area (TPSA) is 17.1 Å². The molecule has 1 aromatic rings. The molecule has 0 amide bonds. The van der Waals surface area contributed by atoms with E-state index in [1.54, 1.807) is 6.92 Å². The van der Waals surface area contributed by atoms with Crippen LogP contribution in [0.1, 0.15) is 36.5 Å². The Hall–Kier alpha value is -0.820. The summed E-state index contributed by atoms with van der Waals surface area (Å²) in [5.41, 5.74) is 3.67. The third kappa shape index (κ3) is 1.78. The van der Waals surface area contributed by atoms with Crippen LogP contribution >= 0.6 is 11.6 Å². The number of Topliss-reactive ketones (excluding diaryl/α,β-unsaturated/α-hetero) is 1. The molecule has 0 N–H and O–H groups in total. The Bertz CT molecular complexity index is 428. The molecular formula is C14H17ClO. The summed E-state index contributed by atoms with van der Waals surface area (Å²) >= 11 is 6.39. The van der Waals surface area contributed by atoms with E-state index < -0.39 is 0 Å². The van der Waals surface area contributed by atoms with Crippen LogP contribution in [0, 0.1) is 19.8 Å². The van der Waals surface area contributed by atoms with E-state index in [9.17, 15) is 4.79 Å². The molecule has 1 aromatic carbocycles. The molecule has 0 saturated heterocycles. The smallest absolute Gasteiger partial charge is 0.135 e. The zero-order chi connectivity index (χ0) is 12.1. The first-order chi connectivity index (χ1) is 7.34. The third-order valence-corrected chi connectivity index (χ3v) is 3.95. The van der Waals surface area contributed by atoms with Crippen molar-refractivity contribution in [3.63, 3.8) is 0 Å². The Labute approximate surface area is 102 Å². The third-order valence-electron chi connectivity index (χ3n) is 3.48. The van der Waals surface area contributed by atoms with Crippen LogP contribution in [0.5, 0.6) is 0 Å². The normalized spacial score (nSPS) is 32.6. The van der Waals surface area contributed by atoms with E-state index in [0.717, 1.165) is 0 Å². The first kappa shape index (κ1) is 11.7. The van der Waals surface area contributed by atoms with Gasteiger partial charge in [-0.15, -0.1) is 11.6 Å². The highest BCUT2D eigenvalue weighted by Crippen LogP contribution is 2.62. The van der Waals surface area contributed by atoms with E-state index in [-0.39, 0.29) is 22.5 Å². The lowest BCUT2D eigenvalue weighted by atomic mass is 10.0. The number of alkyl halides is 1. The predicted octanol–water partition coefficient (Wildman–Crippen LogP) is 3.60. The number of carbonyl (C=O) groups excluding carboxylic acids is 1. The van der Waals surface area contributed by atoms with Crippen LogP contribution in [0.15, 0.2) is 18.2 Å². The molecule has 0 heterocycles. The first-order valence-electron chi connectivity index (χ1n) is 5.61. The van der Waals surface area contributed by atoms with Gasteiger partial charge in [0, 0.05) is 11.8 Å². The Kier molecular flexibility index (Phi) is 2.62. The van der Waals surface area contributed by atoms with Crippen LogP contribution < -0.4 is 0 Å². The highest BCUT2D eigenvalue weighted by atomic mass is 35.5. The Morgan fingerprint density at radius 1 is 1.25 bits per heavy atom. The van der Waals surface area contributed by atoms with E-state index in [1.807, 2.05) is 6.92 Å². The molecule has 3 unspecified atom stereocenters. The molecule has 1 aliphatic rings. The molecule has 3 atom stereocenters. The molecule has 0 bridgehead atoms. The molecule has 0 radical (unpaired) electrons. The number of halogens is 1. The van der Waals surface area contributed by atoms with Crippen molar-refractivity contribution in [2.75, 3.05) is 0 Å². The fourth-order valence-electron chi connectivity index (χ4n) is 2.82. The van der Waals surface area contributed by atoms with Gasteiger partial charge in [-0.1, -0.05) is 29.3 Å². The summed E-state index contributed by atoms with van der Waals surface area (Å²) in [6.07, 6.45) is 0. The number of hydrogen-bond donors (Lipinski definition) is 0. The average Bonchev–Trinajstić information content (AvgIpc) is 2.67. The summed E-state index contributed by atoms with van der Waals surface area (Å²) in [5, 5.41) is 0. The van der Waals surface area contributed by atoms with E-state index >= 15 is 0 Å². The largest absolute Gasteiger partial charge is 0.300 e. The van der Waals surface area contributed by atoms with Crippen molar-refractivity contribution in [3.05, 3.63) is 34.9 Å². The molecule has 1 nitrogen and oxygen atoms in total. The lowest BCUT2D eigenvalue weighted by Gasteiger charge is -2.05. The SMILES string of the molecule is CC(=O)C1C(c2cc(C)cc(C)c2)C1(C)Cl. The number of benzene rings is 1. The molecule has 1 aliphatic carbocycles. The maximum Gasteiger partial charge on any atom is 0.135 e. The molecule has 2 rings (SSSR count). The lowest BCUT2D eigenvalue weighted by Crippen LogP contribution is -2.02. The minimum absolute atomic E-state index is 0.0182. The van der Waals surface area contributed by atoms with Gasteiger partial charge in [0.25, 0.3) is 0 Å². The minimum atomic E-state index is -0.383.